The molecule has 0 spiro atoms. The number of benzene rings is 1. The lowest BCUT2D eigenvalue weighted by molar-refractivity contribution is 0.0695. The van der Waals surface area contributed by atoms with Gasteiger partial charge in [0.05, 0.1) is 12.2 Å². The van der Waals surface area contributed by atoms with Crippen LogP contribution in [-0.4, -0.2) is 27.4 Å². The summed E-state index contributed by atoms with van der Waals surface area (Å²) in [6.45, 7) is 1.51. The molecule has 0 aromatic heterocycles. The van der Waals surface area contributed by atoms with Gasteiger partial charge in [0.15, 0.2) is 5.43 Å². The van der Waals surface area contributed by atoms with Gasteiger partial charge in [-0.3, -0.25) is 4.79 Å². The Morgan fingerprint density at radius 3 is 2.63 bits per heavy atom. The standard InChI is InChI=1S/C13H12FNO4/c1-7-12(13(18)19)9-4-8(17)5-11(14)10(9)6-15(7)2-3-16/h4-6,16H,2-3H2,1H3,(H,18,19). The number of rotatable bonds is 3. The Kier molecular flexibility index (Phi) is 3.35. The van der Waals surface area contributed by atoms with Gasteiger partial charge in [-0.2, -0.15) is 0 Å². The fraction of sp³-hybridized carbons (Fsp3) is 0.231. The number of carboxylic acid groups (broad SMARTS) is 1. The Morgan fingerprint density at radius 2 is 2.05 bits per heavy atom. The van der Waals surface area contributed by atoms with Crippen LogP contribution < -0.4 is 5.43 Å². The molecule has 0 aromatic rings. The van der Waals surface area contributed by atoms with Gasteiger partial charge in [-0.25, -0.2) is 9.18 Å². The molecule has 0 saturated carbocycles. The van der Waals surface area contributed by atoms with E-state index in [9.17, 15) is 19.1 Å². The summed E-state index contributed by atoms with van der Waals surface area (Å²) in [7, 11) is 0. The summed E-state index contributed by atoms with van der Waals surface area (Å²) in [6.07, 6.45) is 1.40. The first-order valence-electron chi connectivity index (χ1n) is 5.63. The maximum Gasteiger partial charge on any atom is 0.338 e. The smallest absolute Gasteiger partial charge is 0.338 e. The van der Waals surface area contributed by atoms with Crippen molar-refractivity contribution in [3.05, 3.63) is 45.6 Å². The number of aliphatic hydroxyl groups excluding tert-OH is 1. The largest absolute Gasteiger partial charge is 0.478 e. The van der Waals surface area contributed by atoms with Crippen LogP contribution >= 0.6 is 0 Å². The van der Waals surface area contributed by atoms with Gasteiger partial charge in [0.25, 0.3) is 0 Å². The molecule has 6 heteroatoms. The minimum Gasteiger partial charge on any atom is -0.478 e. The van der Waals surface area contributed by atoms with E-state index in [-0.39, 0.29) is 29.8 Å². The summed E-state index contributed by atoms with van der Waals surface area (Å²) in [6, 6.07) is 1.92. The number of hydrogen-bond donors (Lipinski definition) is 2. The number of aliphatic hydroxyl groups is 1. The molecule has 2 N–H and O–H groups in total. The molecule has 1 aliphatic heterocycles. The monoisotopic (exact) mass is 265 g/mol. The molecule has 0 amide bonds. The molecular formula is C13H12FNO4. The third-order valence-electron chi connectivity index (χ3n) is 3.00. The van der Waals surface area contributed by atoms with Gasteiger partial charge >= 0.3 is 5.97 Å². The molecule has 0 radical (unpaired) electrons. The van der Waals surface area contributed by atoms with Crippen molar-refractivity contribution in [1.29, 1.82) is 0 Å². The van der Waals surface area contributed by atoms with Crippen LogP contribution in [0.2, 0.25) is 0 Å². The average molecular weight is 265 g/mol. The van der Waals surface area contributed by atoms with Crippen molar-refractivity contribution >= 4 is 5.97 Å². The van der Waals surface area contributed by atoms with Crippen LogP contribution in [0.3, 0.4) is 0 Å². The number of carbonyl (C=O) groups is 1. The molecule has 0 unspecified atom stereocenters. The Balaban J connectivity index is 2.91. The Hall–Kier alpha value is -2.21. The van der Waals surface area contributed by atoms with E-state index in [1.165, 1.54) is 10.8 Å². The highest BCUT2D eigenvalue weighted by Gasteiger charge is 2.22. The van der Waals surface area contributed by atoms with Gasteiger partial charge in [0, 0.05) is 35.6 Å². The minimum absolute atomic E-state index is 0.0519. The first-order chi connectivity index (χ1) is 8.95. The van der Waals surface area contributed by atoms with E-state index in [0.29, 0.717) is 5.69 Å². The molecule has 1 heterocycles. The summed E-state index contributed by atoms with van der Waals surface area (Å²) in [5.74, 6) is -2.00. The van der Waals surface area contributed by atoms with Crippen molar-refractivity contribution in [1.82, 2.24) is 4.57 Å². The maximum atomic E-state index is 13.8. The van der Waals surface area contributed by atoms with Gasteiger partial charge in [-0.05, 0) is 13.0 Å². The molecule has 0 atom stereocenters. The van der Waals surface area contributed by atoms with Crippen molar-refractivity contribution in [3.63, 3.8) is 0 Å². The number of nitrogens with zero attached hydrogens (tertiary/aromatic N) is 1. The maximum absolute atomic E-state index is 13.8. The van der Waals surface area contributed by atoms with Gasteiger partial charge in [0.1, 0.15) is 5.82 Å². The lowest BCUT2D eigenvalue weighted by Gasteiger charge is -2.18. The second-order valence-electron chi connectivity index (χ2n) is 4.18. The van der Waals surface area contributed by atoms with E-state index in [1.807, 2.05) is 0 Å². The predicted molar refractivity (Wildman–Crippen MR) is 66.1 cm³/mol. The quantitative estimate of drug-likeness (QED) is 0.870. The molecule has 100 valence electrons. The topological polar surface area (TPSA) is 79.5 Å². The van der Waals surface area contributed by atoms with E-state index in [0.717, 1.165) is 12.1 Å². The molecule has 2 rings (SSSR count). The molecule has 19 heavy (non-hydrogen) atoms. The fourth-order valence-electron chi connectivity index (χ4n) is 2.13. The molecule has 5 nitrogen and oxygen atoms in total. The number of aromatic nitrogens is 1. The van der Waals surface area contributed by atoms with E-state index in [4.69, 9.17) is 5.11 Å². The van der Waals surface area contributed by atoms with E-state index >= 15 is 0 Å². The molecular weight excluding hydrogens is 253 g/mol. The van der Waals surface area contributed by atoms with Gasteiger partial charge in [0.2, 0.25) is 0 Å². The second-order valence-corrected chi connectivity index (χ2v) is 4.18. The number of hydrogen-bond acceptors (Lipinski definition) is 3. The van der Waals surface area contributed by atoms with Crippen molar-refractivity contribution in [2.24, 2.45) is 0 Å². The number of fused-ring (bicyclic) bond motifs is 1. The third-order valence-corrected chi connectivity index (χ3v) is 3.00. The molecule has 0 saturated heterocycles. The highest BCUT2D eigenvalue weighted by Crippen LogP contribution is 2.29. The third kappa shape index (κ3) is 2.22. The summed E-state index contributed by atoms with van der Waals surface area (Å²) < 4.78 is 15.2. The van der Waals surface area contributed by atoms with Crippen LogP contribution in [-0.2, 0) is 6.54 Å². The van der Waals surface area contributed by atoms with E-state index in [1.54, 1.807) is 6.92 Å². The second kappa shape index (κ2) is 4.81. The minimum atomic E-state index is -1.24. The van der Waals surface area contributed by atoms with Crippen LogP contribution in [0.25, 0.3) is 11.1 Å². The lowest BCUT2D eigenvalue weighted by Crippen LogP contribution is -2.17. The molecule has 2 aliphatic rings. The SMILES string of the molecule is Cc1c(C(=O)O)c2cc(=O)cc(F)c-2cn1CCO. The Labute approximate surface area is 107 Å². The zero-order chi connectivity index (χ0) is 14.2. The molecule has 0 bridgehead atoms. The van der Waals surface area contributed by atoms with Crippen LogP contribution in [0, 0.1) is 12.7 Å². The summed E-state index contributed by atoms with van der Waals surface area (Å²) in [4.78, 5) is 22.6. The van der Waals surface area contributed by atoms with Crippen LogP contribution in [0.4, 0.5) is 4.39 Å². The molecule has 0 fully saturated rings. The number of halogens is 1. The summed E-state index contributed by atoms with van der Waals surface area (Å²) >= 11 is 0. The van der Waals surface area contributed by atoms with Crippen molar-refractivity contribution < 1.29 is 19.4 Å². The molecule has 0 aromatic carbocycles. The normalized spacial score (nSPS) is 10.9. The Bertz CT molecular complexity index is 677. The van der Waals surface area contributed by atoms with Crippen molar-refractivity contribution in [2.75, 3.05) is 6.61 Å². The summed E-state index contributed by atoms with van der Waals surface area (Å²) in [5, 5.41) is 18.2. The predicted octanol–water partition coefficient (Wildman–Crippen LogP) is 1.09. The molecule has 1 aliphatic carbocycles. The highest BCUT2D eigenvalue weighted by atomic mass is 19.1. The van der Waals surface area contributed by atoms with E-state index < -0.39 is 17.2 Å². The van der Waals surface area contributed by atoms with Crippen LogP contribution in [0.15, 0.2) is 23.1 Å². The lowest BCUT2D eigenvalue weighted by atomic mass is 9.97. The average Bonchev–Trinajstić information content (AvgIpc) is 2.30. The number of aromatic carboxylic acids is 1. The van der Waals surface area contributed by atoms with Gasteiger partial charge in [-0.15, -0.1) is 0 Å². The summed E-state index contributed by atoms with van der Waals surface area (Å²) in [5.41, 5.74) is -0.214. The highest BCUT2D eigenvalue weighted by molar-refractivity contribution is 5.97. The first-order valence-corrected chi connectivity index (χ1v) is 5.63. The number of pyridine rings is 1. The number of carboxylic acids is 1. The van der Waals surface area contributed by atoms with Crippen LogP contribution in [0.5, 0.6) is 0 Å². The van der Waals surface area contributed by atoms with Crippen molar-refractivity contribution in [3.8, 4) is 11.1 Å². The van der Waals surface area contributed by atoms with Gasteiger partial charge in [-0.1, -0.05) is 0 Å². The fourth-order valence-corrected chi connectivity index (χ4v) is 2.13. The van der Waals surface area contributed by atoms with Crippen molar-refractivity contribution in [2.45, 2.75) is 13.5 Å². The zero-order valence-corrected chi connectivity index (χ0v) is 10.2. The van der Waals surface area contributed by atoms with Crippen LogP contribution in [0.1, 0.15) is 16.1 Å². The Morgan fingerprint density at radius 1 is 1.37 bits per heavy atom. The van der Waals surface area contributed by atoms with E-state index in [2.05, 4.69) is 0 Å². The first kappa shape index (κ1) is 13.2. The zero-order valence-electron chi connectivity index (χ0n) is 10.2. The van der Waals surface area contributed by atoms with Gasteiger partial charge < -0.3 is 14.8 Å².